The van der Waals surface area contributed by atoms with Crippen molar-refractivity contribution in [3.63, 3.8) is 0 Å². The molecule has 0 saturated heterocycles. The highest BCUT2D eigenvalue weighted by Crippen LogP contribution is 2.36. The highest BCUT2D eigenvalue weighted by Gasteiger charge is 2.09. The lowest BCUT2D eigenvalue weighted by Crippen LogP contribution is -1.95. The lowest BCUT2D eigenvalue weighted by Gasteiger charge is -2.10. The van der Waals surface area contributed by atoms with Gasteiger partial charge in [0.2, 0.25) is 0 Å². The Kier molecular flexibility index (Phi) is 5.82. The normalized spacial score (nSPS) is 10.6. The summed E-state index contributed by atoms with van der Waals surface area (Å²) in [6.07, 6.45) is 3.26. The minimum absolute atomic E-state index is 0.0847. The topological polar surface area (TPSA) is 44.8 Å². The molecule has 0 spiro atoms. The predicted molar refractivity (Wildman–Crippen MR) is 93.6 cm³/mol. The first-order valence-electron chi connectivity index (χ1n) is 6.87. The van der Waals surface area contributed by atoms with E-state index >= 15 is 0 Å². The van der Waals surface area contributed by atoms with Gasteiger partial charge in [-0.3, -0.25) is 4.79 Å². The SMILES string of the molecule is COc1ccc(C(=O)/C=C/c2cc(Br)c(OC)c(OC)c2)cc1. The van der Waals surface area contributed by atoms with Gasteiger partial charge in [0.05, 0.1) is 25.8 Å². The van der Waals surface area contributed by atoms with Crippen LogP contribution in [0.5, 0.6) is 17.2 Å². The number of ether oxygens (including phenoxy) is 3. The Bertz CT molecular complexity index is 721. The summed E-state index contributed by atoms with van der Waals surface area (Å²) in [5.74, 6) is 1.84. The van der Waals surface area contributed by atoms with Gasteiger partial charge in [-0.05, 0) is 64.0 Å². The van der Waals surface area contributed by atoms with Crippen LogP contribution in [0.25, 0.3) is 6.08 Å². The first kappa shape index (κ1) is 17.1. The van der Waals surface area contributed by atoms with Gasteiger partial charge < -0.3 is 14.2 Å². The molecule has 0 aliphatic rings. The lowest BCUT2D eigenvalue weighted by molar-refractivity contribution is 0.104. The fourth-order valence-corrected chi connectivity index (χ4v) is 2.68. The number of hydrogen-bond donors (Lipinski definition) is 0. The smallest absolute Gasteiger partial charge is 0.185 e. The van der Waals surface area contributed by atoms with Crippen LogP contribution in [0.3, 0.4) is 0 Å². The Morgan fingerprint density at radius 3 is 2.26 bits per heavy atom. The highest BCUT2D eigenvalue weighted by molar-refractivity contribution is 9.10. The fourth-order valence-electron chi connectivity index (χ4n) is 2.06. The summed E-state index contributed by atoms with van der Waals surface area (Å²) in [6, 6.07) is 10.6. The molecule has 0 unspecified atom stereocenters. The van der Waals surface area contributed by atoms with Crippen LogP contribution >= 0.6 is 15.9 Å². The number of rotatable bonds is 6. The molecule has 5 heteroatoms. The molecule has 0 fully saturated rings. The summed E-state index contributed by atoms with van der Waals surface area (Å²) in [4.78, 5) is 12.2. The van der Waals surface area contributed by atoms with Crippen molar-refractivity contribution in [2.75, 3.05) is 21.3 Å². The Morgan fingerprint density at radius 1 is 1.00 bits per heavy atom. The monoisotopic (exact) mass is 376 g/mol. The van der Waals surface area contributed by atoms with E-state index < -0.39 is 0 Å². The number of methoxy groups -OCH3 is 3. The Balaban J connectivity index is 2.21. The zero-order chi connectivity index (χ0) is 16.8. The van der Waals surface area contributed by atoms with Crippen molar-refractivity contribution >= 4 is 27.8 Å². The number of hydrogen-bond acceptors (Lipinski definition) is 4. The van der Waals surface area contributed by atoms with Gasteiger partial charge in [-0.1, -0.05) is 6.08 Å². The molecule has 4 nitrogen and oxygen atoms in total. The maximum atomic E-state index is 12.2. The third-order valence-corrected chi connectivity index (χ3v) is 3.85. The number of carbonyl (C=O) groups excluding carboxylic acids is 1. The Morgan fingerprint density at radius 2 is 1.70 bits per heavy atom. The van der Waals surface area contributed by atoms with E-state index in [-0.39, 0.29) is 5.78 Å². The van der Waals surface area contributed by atoms with Gasteiger partial charge in [0.1, 0.15) is 5.75 Å². The van der Waals surface area contributed by atoms with Crippen LogP contribution in [0.15, 0.2) is 46.9 Å². The molecule has 120 valence electrons. The van der Waals surface area contributed by atoms with Gasteiger partial charge in [-0.15, -0.1) is 0 Å². The summed E-state index contributed by atoms with van der Waals surface area (Å²) in [6.45, 7) is 0. The van der Waals surface area contributed by atoms with Crippen molar-refractivity contribution in [2.45, 2.75) is 0 Å². The molecule has 0 aliphatic heterocycles. The van der Waals surface area contributed by atoms with Crippen LogP contribution in [0.1, 0.15) is 15.9 Å². The second kappa shape index (κ2) is 7.83. The number of ketones is 1. The van der Waals surface area contributed by atoms with Crippen molar-refractivity contribution < 1.29 is 19.0 Å². The van der Waals surface area contributed by atoms with E-state index in [4.69, 9.17) is 14.2 Å². The van der Waals surface area contributed by atoms with Crippen molar-refractivity contribution in [3.8, 4) is 17.2 Å². The molecule has 0 heterocycles. The van der Waals surface area contributed by atoms with Gasteiger partial charge >= 0.3 is 0 Å². The van der Waals surface area contributed by atoms with Crippen LogP contribution in [-0.4, -0.2) is 27.1 Å². The average molecular weight is 377 g/mol. The average Bonchev–Trinajstić information content (AvgIpc) is 2.59. The lowest BCUT2D eigenvalue weighted by atomic mass is 10.1. The molecular formula is C18H17BrO4. The Labute approximate surface area is 143 Å². The molecule has 0 atom stereocenters. The summed E-state index contributed by atoms with van der Waals surface area (Å²) >= 11 is 3.43. The van der Waals surface area contributed by atoms with Crippen molar-refractivity contribution in [2.24, 2.45) is 0 Å². The quantitative estimate of drug-likeness (QED) is 0.554. The predicted octanol–water partition coefficient (Wildman–Crippen LogP) is 4.37. The molecule has 0 aromatic heterocycles. The minimum atomic E-state index is -0.0847. The zero-order valence-corrected chi connectivity index (χ0v) is 14.7. The van der Waals surface area contributed by atoms with Crippen LogP contribution in [0, 0.1) is 0 Å². The van der Waals surface area contributed by atoms with E-state index in [0.717, 1.165) is 10.0 Å². The standard InChI is InChI=1S/C18H17BrO4/c1-21-14-7-5-13(6-8-14)16(20)9-4-12-10-15(19)18(23-3)17(11-12)22-2/h4-11H,1-3H3/b9-4+. The van der Waals surface area contributed by atoms with E-state index in [1.165, 1.54) is 6.08 Å². The van der Waals surface area contributed by atoms with Gasteiger partial charge in [0, 0.05) is 5.56 Å². The first-order chi connectivity index (χ1) is 11.1. The van der Waals surface area contributed by atoms with Crippen molar-refractivity contribution in [3.05, 3.63) is 58.1 Å². The second-order valence-electron chi connectivity index (χ2n) is 4.66. The molecule has 2 aromatic carbocycles. The minimum Gasteiger partial charge on any atom is -0.497 e. The van der Waals surface area contributed by atoms with E-state index in [9.17, 15) is 4.79 Å². The maximum absolute atomic E-state index is 12.2. The molecule has 0 amide bonds. The second-order valence-corrected chi connectivity index (χ2v) is 5.52. The molecule has 0 bridgehead atoms. The van der Waals surface area contributed by atoms with Crippen molar-refractivity contribution in [1.82, 2.24) is 0 Å². The van der Waals surface area contributed by atoms with E-state index in [0.29, 0.717) is 22.8 Å². The maximum Gasteiger partial charge on any atom is 0.185 e. The molecule has 0 saturated carbocycles. The summed E-state index contributed by atoms with van der Waals surface area (Å²) in [7, 11) is 4.73. The third kappa shape index (κ3) is 4.13. The first-order valence-corrected chi connectivity index (χ1v) is 7.66. The molecule has 0 aliphatic carbocycles. The number of carbonyl (C=O) groups is 1. The summed E-state index contributed by atoms with van der Waals surface area (Å²) < 4.78 is 16.4. The fraction of sp³-hybridized carbons (Fsp3) is 0.167. The number of halogens is 1. The van der Waals surface area contributed by atoms with Crippen LogP contribution in [0.2, 0.25) is 0 Å². The van der Waals surface area contributed by atoms with Gasteiger partial charge in [0.15, 0.2) is 17.3 Å². The van der Waals surface area contributed by atoms with Gasteiger partial charge in [-0.25, -0.2) is 0 Å². The van der Waals surface area contributed by atoms with E-state index in [1.807, 2.05) is 6.07 Å². The molecule has 2 aromatic rings. The number of allylic oxidation sites excluding steroid dienone is 1. The van der Waals surface area contributed by atoms with E-state index in [1.54, 1.807) is 57.7 Å². The molecular weight excluding hydrogens is 360 g/mol. The molecule has 0 radical (unpaired) electrons. The molecule has 23 heavy (non-hydrogen) atoms. The van der Waals surface area contributed by atoms with Crippen LogP contribution < -0.4 is 14.2 Å². The van der Waals surface area contributed by atoms with E-state index in [2.05, 4.69) is 15.9 Å². The summed E-state index contributed by atoms with van der Waals surface area (Å²) in [5, 5.41) is 0. The number of benzene rings is 2. The van der Waals surface area contributed by atoms with Crippen LogP contribution in [-0.2, 0) is 0 Å². The highest BCUT2D eigenvalue weighted by atomic mass is 79.9. The largest absolute Gasteiger partial charge is 0.497 e. The van der Waals surface area contributed by atoms with Gasteiger partial charge in [-0.2, -0.15) is 0 Å². The van der Waals surface area contributed by atoms with Gasteiger partial charge in [0.25, 0.3) is 0 Å². The zero-order valence-electron chi connectivity index (χ0n) is 13.1. The molecule has 2 rings (SSSR count). The van der Waals surface area contributed by atoms with Crippen LogP contribution in [0.4, 0.5) is 0 Å². The summed E-state index contributed by atoms with van der Waals surface area (Å²) in [5.41, 5.74) is 1.43. The Hall–Kier alpha value is -2.27. The third-order valence-electron chi connectivity index (χ3n) is 3.26. The molecule has 0 N–H and O–H groups in total. The van der Waals surface area contributed by atoms with Crippen molar-refractivity contribution in [1.29, 1.82) is 0 Å².